The number of carbonyl (C=O) groups is 2. The quantitative estimate of drug-likeness (QED) is 0.0165. The average molecular weight is 782 g/mol. The van der Waals surface area contributed by atoms with Crippen LogP contribution in [0.3, 0.4) is 0 Å². The molecule has 0 spiro atoms. The van der Waals surface area contributed by atoms with Crippen LogP contribution < -0.4 is 4.89 Å². The van der Waals surface area contributed by atoms with Gasteiger partial charge in [-0.1, -0.05) is 145 Å². The van der Waals surface area contributed by atoms with E-state index in [9.17, 15) is 24.2 Å². The zero-order valence-corrected chi connectivity index (χ0v) is 35.4. The third-order valence-corrected chi connectivity index (χ3v) is 9.35. The Hall–Kier alpha value is -2.33. The lowest BCUT2D eigenvalue weighted by atomic mass is 10.0. The summed E-state index contributed by atoms with van der Waals surface area (Å²) in [6.07, 6.45) is 37.1. The number of phosphoric acid groups is 1. The van der Waals surface area contributed by atoms with E-state index in [1.54, 1.807) is 6.08 Å². The summed E-state index contributed by atoms with van der Waals surface area (Å²) in [5.41, 5.74) is 0. The maximum atomic E-state index is 12.6. The predicted molar refractivity (Wildman–Crippen MR) is 219 cm³/mol. The van der Waals surface area contributed by atoms with Gasteiger partial charge in [-0.2, -0.15) is 0 Å². The topological polar surface area (TPSA) is 131 Å². The fourth-order valence-corrected chi connectivity index (χ4v) is 5.85. The summed E-state index contributed by atoms with van der Waals surface area (Å²) in [4.78, 5) is 37.4. The van der Waals surface area contributed by atoms with Crippen molar-refractivity contribution in [1.29, 1.82) is 0 Å². The SMILES string of the molecule is CC/C=C\C/C=C\CC(O)/C=C/C=C\C/C=C\CCCC(=O)O[C@H](COC(=O)CCCCCCCCCCCCCC)COP(=O)([O-])OCC[N+](C)(C)C. The van der Waals surface area contributed by atoms with Crippen LogP contribution in [0.2, 0.25) is 0 Å². The lowest BCUT2D eigenvalue weighted by Gasteiger charge is -2.28. The first-order valence-corrected chi connectivity index (χ1v) is 22.1. The summed E-state index contributed by atoms with van der Waals surface area (Å²) in [6, 6.07) is 0. The van der Waals surface area contributed by atoms with Gasteiger partial charge in [0.2, 0.25) is 0 Å². The third kappa shape index (κ3) is 38.0. The number of carbonyl (C=O) groups excluding carboxylic acids is 2. The van der Waals surface area contributed by atoms with Gasteiger partial charge >= 0.3 is 11.9 Å². The zero-order valence-electron chi connectivity index (χ0n) is 34.5. The van der Waals surface area contributed by atoms with Crippen molar-refractivity contribution in [2.24, 2.45) is 0 Å². The molecule has 0 saturated heterocycles. The van der Waals surface area contributed by atoms with Crippen LogP contribution >= 0.6 is 7.82 Å². The van der Waals surface area contributed by atoms with E-state index in [-0.39, 0.29) is 26.1 Å². The molecule has 0 aromatic carbocycles. The molecule has 0 aromatic rings. The van der Waals surface area contributed by atoms with Crippen LogP contribution in [0.25, 0.3) is 0 Å². The molecule has 54 heavy (non-hydrogen) atoms. The van der Waals surface area contributed by atoms with Crippen molar-refractivity contribution in [2.45, 2.75) is 154 Å². The second-order valence-electron chi connectivity index (χ2n) is 14.8. The summed E-state index contributed by atoms with van der Waals surface area (Å²) < 4.78 is 33.7. The predicted octanol–water partition coefficient (Wildman–Crippen LogP) is 9.63. The molecule has 11 heteroatoms. The van der Waals surface area contributed by atoms with Crippen LogP contribution in [0.15, 0.2) is 60.8 Å². The molecule has 1 N–H and O–H groups in total. The van der Waals surface area contributed by atoms with E-state index in [2.05, 4.69) is 26.0 Å². The minimum absolute atomic E-state index is 0.0542. The summed E-state index contributed by atoms with van der Waals surface area (Å²) in [7, 11) is 1.08. The van der Waals surface area contributed by atoms with Crippen LogP contribution in [-0.2, 0) is 32.7 Å². The van der Waals surface area contributed by atoms with E-state index in [4.69, 9.17) is 18.5 Å². The normalized spacial score (nSPS) is 14.9. The van der Waals surface area contributed by atoms with Gasteiger partial charge in [0.25, 0.3) is 7.82 Å². The fraction of sp³-hybridized carbons (Fsp3) is 0.721. The number of likely N-dealkylation sites (N-methyl/N-ethyl adjacent to an activating group) is 1. The molecule has 0 fully saturated rings. The molecule has 0 aliphatic heterocycles. The molecule has 0 aliphatic rings. The molecular formula is C43H76NO9P. The molecule has 2 unspecified atom stereocenters. The van der Waals surface area contributed by atoms with Crippen molar-refractivity contribution >= 4 is 19.8 Å². The van der Waals surface area contributed by atoms with E-state index in [1.807, 2.05) is 63.7 Å². The maximum absolute atomic E-state index is 12.6. The van der Waals surface area contributed by atoms with Gasteiger partial charge in [-0.25, -0.2) is 0 Å². The molecule has 0 amide bonds. The lowest BCUT2D eigenvalue weighted by molar-refractivity contribution is -0.870. The van der Waals surface area contributed by atoms with E-state index >= 15 is 0 Å². The lowest BCUT2D eigenvalue weighted by Crippen LogP contribution is -2.37. The second kappa shape index (κ2) is 35.1. The molecule has 0 heterocycles. The number of ether oxygens (including phenoxy) is 2. The molecule has 312 valence electrons. The summed E-state index contributed by atoms with van der Waals surface area (Å²) in [5, 5.41) is 10.0. The Labute approximate surface area is 329 Å². The number of unbranched alkanes of at least 4 members (excludes halogenated alkanes) is 12. The smallest absolute Gasteiger partial charge is 0.306 e. The Morgan fingerprint density at radius 2 is 1.30 bits per heavy atom. The van der Waals surface area contributed by atoms with Crippen molar-refractivity contribution in [3.63, 3.8) is 0 Å². The molecule has 0 aromatic heterocycles. The van der Waals surface area contributed by atoms with Crippen LogP contribution in [-0.4, -0.2) is 81.2 Å². The van der Waals surface area contributed by atoms with Crippen molar-refractivity contribution in [1.82, 2.24) is 0 Å². The number of allylic oxidation sites excluding steroid dienone is 8. The highest BCUT2D eigenvalue weighted by molar-refractivity contribution is 7.45. The number of nitrogens with zero attached hydrogens (tertiary/aromatic N) is 1. The Bertz CT molecular complexity index is 1130. The first kappa shape index (κ1) is 51.7. The molecule has 10 nitrogen and oxygen atoms in total. The number of phosphoric ester groups is 1. The average Bonchev–Trinajstić information content (AvgIpc) is 3.11. The maximum Gasteiger partial charge on any atom is 0.306 e. The molecule has 0 bridgehead atoms. The molecule has 0 rings (SSSR count). The number of aliphatic hydroxyl groups is 1. The van der Waals surface area contributed by atoms with E-state index in [0.29, 0.717) is 43.1 Å². The fourth-order valence-electron chi connectivity index (χ4n) is 5.13. The Kier molecular flexibility index (Phi) is 33.6. The largest absolute Gasteiger partial charge is 0.756 e. The minimum Gasteiger partial charge on any atom is -0.756 e. The molecule has 0 aliphatic carbocycles. The van der Waals surface area contributed by atoms with Gasteiger partial charge in [0.15, 0.2) is 6.10 Å². The number of hydrogen-bond acceptors (Lipinski definition) is 9. The number of hydrogen-bond donors (Lipinski definition) is 1. The number of aliphatic hydroxyl groups excluding tert-OH is 1. The summed E-state index contributed by atoms with van der Waals surface area (Å²) in [5.74, 6) is -0.946. The van der Waals surface area contributed by atoms with Gasteiger partial charge in [0.05, 0.1) is 33.9 Å². The van der Waals surface area contributed by atoms with Crippen LogP contribution in [0.5, 0.6) is 0 Å². The molecule has 3 atom stereocenters. The van der Waals surface area contributed by atoms with E-state index < -0.39 is 38.6 Å². The van der Waals surface area contributed by atoms with Gasteiger partial charge in [-0.3, -0.25) is 14.2 Å². The third-order valence-electron chi connectivity index (χ3n) is 8.38. The molecule has 0 saturated carbocycles. The van der Waals surface area contributed by atoms with E-state index in [1.165, 1.54) is 51.4 Å². The molecular weight excluding hydrogens is 705 g/mol. The van der Waals surface area contributed by atoms with Crippen LogP contribution in [0, 0.1) is 0 Å². The zero-order chi connectivity index (χ0) is 40.2. The second-order valence-corrected chi connectivity index (χ2v) is 16.2. The minimum atomic E-state index is -4.65. The monoisotopic (exact) mass is 782 g/mol. The first-order chi connectivity index (χ1) is 25.9. The standard InChI is InChI=1S/C43H76NO9P/c1-6-8-10-12-14-15-16-17-18-22-26-30-34-42(46)50-38-41(39-52-54(48,49)51-37-36-44(3,4)5)53-43(47)35-31-27-23-20-19-21-25-29-33-40(45)32-28-24-13-11-9-7-2/h9,11,20-21,23-25,28-29,33,40-41,45H,6-8,10,12-19,22,26-27,30-32,34-39H2,1-5H3/b11-9-,23-20-,25-21-,28-24-,33-29+/t40?,41-/m1/s1. The van der Waals surface area contributed by atoms with Gasteiger partial charge < -0.3 is 33.0 Å². The first-order valence-electron chi connectivity index (χ1n) is 20.6. The van der Waals surface area contributed by atoms with Gasteiger partial charge in [-0.05, 0) is 44.9 Å². The Morgan fingerprint density at radius 1 is 0.704 bits per heavy atom. The highest BCUT2D eigenvalue weighted by Gasteiger charge is 2.21. The highest BCUT2D eigenvalue weighted by atomic mass is 31.2. The van der Waals surface area contributed by atoms with E-state index in [0.717, 1.165) is 32.1 Å². The summed E-state index contributed by atoms with van der Waals surface area (Å²) in [6.45, 7) is 3.92. The highest BCUT2D eigenvalue weighted by Crippen LogP contribution is 2.38. The number of esters is 2. The number of quaternary nitrogens is 1. The Balaban J connectivity index is 4.58. The van der Waals surface area contributed by atoms with Gasteiger partial charge in [-0.15, -0.1) is 0 Å². The summed E-state index contributed by atoms with van der Waals surface area (Å²) >= 11 is 0. The van der Waals surface area contributed by atoms with Crippen molar-refractivity contribution in [3.8, 4) is 0 Å². The van der Waals surface area contributed by atoms with Crippen molar-refractivity contribution in [3.05, 3.63) is 60.8 Å². The number of rotatable bonds is 36. The van der Waals surface area contributed by atoms with Crippen molar-refractivity contribution in [2.75, 3.05) is 47.5 Å². The van der Waals surface area contributed by atoms with Crippen molar-refractivity contribution < 1.29 is 47.2 Å². The van der Waals surface area contributed by atoms with Crippen LogP contribution in [0.4, 0.5) is 0 Å². The molecule has 0 radical (unpaired) electrons. The van der Waals surface area contributed by atoms with Gasteiger partial charge in [0.1, 0.15) is 19.8 Å². The van der Waals surface area contributed by atoms with Gasteiger partial charge in [0, 0.05) is 12.8 Å². The Morgan fingerprint density at radius 3 is 1.94 bits per heavy atom. The van der Waals surface area contributed by atoms with Crippen LogP contribution in [0.1, 0.15) is 142 Å².